The first-order valence-electron chi connectivity index (χ1n) is 9.45. The molecule has 144 valence electrons. The van der Waals surface area contributed by atoms with E-state index in [1.807, 2.05) is 37.3 Å². The van der Waals surface area contributed by atoms with Crippen molar-refractivity contribution in [3.63, 3.8) is 0 Å². The zero-order chi connectivity index (χ0) is 19.5. The minimum absolute atomic E-state index is 0.0516. The average molecular weight is 396 g/mol. The summed E-state index contributed by atoms with van der Waals surface area (Å²) in [6.45, 7) is 4.85. The van der Waals surface area contributed by atoms with Crippen molar-refractivity contribution in [2.24, 2.45) is 0 Å². The highest BCUT2D eigenvalue weighted by Gasteiger charge is 2.22. The molecular formula is C22H22ClN3O2. The van der Waals surface area contributed by atoms with Crippen LogP contribution in [0.1, 0.15) is 23.7 Å². The fourth-order valence-electron chi connectivity index (χ4n) is 3.54. The van der Waals surface area contributed by atoms with Crippen LogP contribution in [0.4, 0.5) is 0 Å². The molecule has 0 saturated carbocycles. The van der Waals surface area contributed by atoms with E-state index in [9.17, 15) is 4.79 Å². The number of hydrogen-bond donors (Lipinski definition) is 1. The second-order valence-corrected chi connectivity index (χ2v) is 7.28. The molecule has 1 aliphatic rings. The van der Waals surface area contributed by atoms with Crippen molar-refractivity contribution in [1.82, 2.24) is 14.9 Å². The monoisotopic (exact) mass is 395 g/mol. The molecule has 0 atom stereocenters. The molecule has 28 heavy (non-hydrogen) atoms. The number of nitrogens with one attached hydrogen (secondary N) is 1. The first-order valence-corrected chi connectivity index (χ1v) is 9.83. The Bertz CT molecular complexity index is 1030. The summed E-state index contributed by atoms with van der Waals surface area (Å²) in [6, 6.07) is 15.4. The van der Waals surface area contributed by atoms with Crippen molar-refractivity contribution >= 4 is 11.6 Å². The van der Waals surface area contributed by atoms with Crippen LogP contribution in [0, 0.1) is 0 Å². The van der Waals surface area contributed by atoms with E-state index in [2.05, 4.69) is 16.0 Å². The van der Waals surface area contributed by atoms with E-state index in [0.717, 1.165) is 41.2 Å². The maximum Gasteiger partial charge on any atom is 0.254 e. The van der Waals surface area contributed by atoms with Crippen LogP contribution in [-0.4, -0.2) is 28.0 Å². The molecule has 0 aliphatic carbocycles. The summed E-state index contributed by atoms with van der Waals surface area (Å²) < 4.78 is 5.75. The standard InChI is InChI=1S/C22H22ClN3O2/c1-2-28-20-6-4-3-5-16(20)13-26-12-11-18-19(14-26)24-21(25-22(18)27)15-7-9-17(23)10-8-15/h3-10H,2,11-14H2,1H3,(H,24,25,27). The van der Waals surface area contributed by atoms with Crippen molar-refractivity contribution < 1.29 is 4.74 Å². The van der Waals surface area contributed by atoms with Crippen molar-refractivity contribution in [1.29, 1.82) is 0 Å². The van der Waals surface area contributed by atoms with Crippen LogP contribution in [-0.2, 0) is 19.5 Å². The lowest BCUT2D eigenvalue weighted by Gasteiger charge is -2.28. The van der Waals surface area contributed by atoms with Gasteiger partial charge in [0.2, 0.25) is 0 Å². The fraction of sp³-hybridized carbons (Fsp3) is 0.273. The fourth-order valence-corrected chi connectivity index (χ4v) is 3.67. The van der Waals surface area contributed by atoms with Gasteiger partial charge < -0.3 is 9.72 Å². The summed E-state index contributed by atoms with van der Waals surface area (Å²) in [7, 11) is 0. The van der Waals surface area contributed by atoms with Crippen LogP contribution >= 0.6 is 11.6 Å². The van der Waals surface area contributed by atoms with Crippen LogP contribution in [0.3, 0.4) is 0 Å². The number of hydrogen-bond acceptors (Lipinski definition) is 4. The summed E-state index contributed by atoms with van der Waals surface area (Å²) in [5.41, 5.74) is 3.57. The molecule has 1 N–H and O–H groups in total. The molecule has 6 heteroatoms. The molecule has 3 aromatic rings. The zero-order valence-corrected chi connectivity index (χ0v) is 16.5. The van der Waals surface area contributed by atoms with Crippen LogP contribution in [0.2, 0.25) is 5.02 Å². The lowest BCUT2D eigenvalue weighted by molar-refractivity contribution is 0.234. The van der Waals surface area contributed by atoms with E-state index < -0.39 is 0 Å². The minimum atomic E-state index is -0.0516. The van der Waals surface area contributed by atoms with Crippen molar-refractivity contribution in [3.8, 4) is 17.1 Å². The number of para-hydroxylation sites is 1. The van der Waals surface area contributed by atoms with Gasteiger partial charge in [0, 0.05) is 41.3 Å². The van der Waals surface area contributed by atoms with Gasteiger partial charge in [0.05, 0.1) is 12.3 Å². The van der Waals surface area contributed by atoms with E-state index in [1.165, 1.54) is 0 Å². The Morgan fingerprint density at radius 1 is 1.18 bits per heavy atom. The molecule has 0 spiro atoms. The molecule has 1 aliphatic heterocycles. The van der Waals surface area contributed by atoms with Gasteiger partial charge in [-0.15, -0.1) is 0 Å². The number of fused-ring (bicyclic) bond motifs is 1. The maximum absolute atomic E-state index is 12.6. The number of H-pyrrole nitrogens is 1. The molecular weight excluding hydrogens is 374 g/mol. The Hall–Kier alpha value is -2.63. The Labute approximate surface area is 169 Å². The van der Waals surface area contributed by atoms with Crippen molar-refractivity contribution in [3.05, 3.63) is 80.7 Å². The predicted octanol–water partition coefficient (Wildman–Crippen LogP) is 4.05. The molecule has 4 rings (SSSR count). The van der Waals surface area contributed by atoms with Gasteiger partial charge in [-0.25, -0.2) is 4.98 Å². The third-order valence-corrected chi connectivity index (χ3v) is 5.19. The molecule has 0 radical (unpaired) electrons. The third-order valence-electron chi connectivity index (χ3n) is 4.94. The van der Waals surface area contributed by atoms with Gasteiger partial charge in [-0.2, -0.15) is 0 Å². The number of rotatable bonds is 5. The zero-order valence-electron chi connectivity index (χ0n) is 15.7. The highest BCUT2D eigenvalue weighted by Crippen LogP contribution is 2.24. The average Bonchev–Trinajstić information content (AvgIpc) is 2.70. The summed E-state index contributed by atoms with van der Waals surface area (Å²) in [5, 5.41) is 0.656. The highest BCUT2D eigenvalue weighted by atomic mass is 35.5. The number of benzene rings is 2. The van der Waals surface area contributed by atoms with Gasteiger partial charge in [-0.1, -0.05) is 29.8 Å². The molecule has 2 aromatic carbocycles. The van der Waals surface area contributed by atoms with Crippen molar-refractivity contribution in [2.45, 2.75) is 26.4 Å². The van der Waals surface area contributed by atoms with Gasteiger partial charge >= 0.3 is 0 Å². The SMILES string of the molecule is CCOc1ccccc1CN1CCc2c(nc(-c3ccc(Cl)cc3)[nH]c2=O)C1. The largest absolute Gasteiger partial charge is 0.494 e. The number of aromatic nitrogens is 2. The van der Waals surface area contributed by atoms with Crippen molar-refractivity contribution in [2.75, 3.05) is 13.2 Å². The lowest BCUT2D eigenvalue weighted by Crippen LogP contribution is -2.35. The summed E-state index contributed by atoms with van der Waals surface area (Å²) >= 11 is 5.97. The Morgan fingerprint density at radius 2 is 1.96 bits per heavy atom. The smallest absolute Gasteiger partial charge is 0.254 e. The second kappa shape index (κ2) is 8.17. The number of ether oxygens (including phenoxy) is 1. The molecule has 1 aromatic heterocycles. The van der Waals surface area contributed by atoms with Gasteiger partial charge in [0.1, 0.15) is 11.6 Å². The van der Waals surface area contributed by atoms with Gasteiger partial charge in [-0.3, -0.25) is 9.69 Å². The summed E-state index contributed by atoms with van der Waals surface area (Å²) in [4.78, 5) is 22.5. The number of halogens is 1. The minimum Gasteiger partial charge on any atom is -0.494 e. The molecule has 0 saturated heterocycles. The van der Waals surface area contributed by atoms with E-state index in [-0.39, 0.29) is 5.56 Å². The van der Waals surface area contributed by atoms with E-state index in [0.29, 0.717) is 30.4 Å². The van der Waals surface area contributed by atoms with E-state index >= 15 is 0 Å². The van der Waals surface area contributed by atoms with Gasteiger partial charge in [0.15, 0.2) is 0 Å². The molecule has 0 amide bonds. The Kier molecular flexibility index (Phi) is 5.46. The van der Waals surface area contributed by atoms with E-state index in [1.54, 1.807) is 12.1 Å². The Balaban J connectivity index is 1.59. The van der Waals surface area contributed by atoms with Crippen LogP contribution in [0.15, 0.2) is 53.3 Å². The molecule has 0 unspecified atom stereocenters. The molecule has 0 fully saturated rings. The maximum atomic E-state index is 12.6. The summed E-state index contributed by atoms with van der Waals surface area (Å²) in [6.07, 6.45) is 0.690. The topological polar surface area (TPSA) is 58.2 Å². The normalized spacial score (nSPS) is 13.9. The van der Waals surface area contributed by atoms with Gasteiger partial charge in [0.25, 0.3) is 5.56 Å². The molecule has 5 nitrogen and oxygen atoms in total. The summed E-state index contributed by atoms with van der Waals surface area (Å²) in [5.74, 6) is 1.49. The van der Waals surface area contributed by atoms with Crippen LogP contribution in [0.25, 0.3) is 11.4 Å². The lowest BCUT2D eigenvalue weighted by atomic mass is 10.0. The highest BCUT2D eigenvalue weighted by molar-refractivity contribution is 6.30. The quantitative estimate of drug-likeness (QED) is 0.708. The molecule has 2 heterocycles. The number of nitrogens with zero attached hydrogens (tertiary/aromatic N) is 2. The molecule has 0 bridgehead atoms. The number of aromatic amines is 1. The first-order chi connectivity index (χ1) is 13.6. The predicted molar refractivity (Wildman–Crippen MR) is 111 cm³/mol. The van der Waals surface area contributed by atoms with Crippen LogP contribution < -0.4 is 10.3 Å². The second-order valence-electron chi connectivity index (χ2n) is 6.85. The van der Waals surface area contributed by atoms with Gasteiger partial charge in [-0.05, 0) is 43.7 Å². The van der Waals surface area contributed by atoms with E-state index in [4.69, 9.17) is 21.3 Å². The Morgan fingerprint density at radius 3 is 2.75 bits per heavy atom. The third kappa shape index (κ3) is 3.96. The first kappa shape index (κ1) is 18.7. The van der Waals surface area contributed by atoms with Crippen LogP contribution in [0.5, 0.6) is 5.75 Å².